The molecule has 2 heterocycles. The average molecular weight is 388 g/mol. The lowest BCUT2D eigenvalue weighted by molar-refractivity contribution is 0.603. The molecular formula is C19H21N3O2S2. The van der Waals surface area contributed by atoms with Crippen molar-refractivity contribution < 1.29 is 8.42 Å². The van der Waals surface area contributed by atoms with Crippen molar-refractivity contribution >= 4 is 32.9 Å². The van der Waals surface area contributed by atoms with Gasteiger partial charge < -0.3 is 5.32 Å². The van der Waals surface area contributed by atoms with Gasteiger partial charge in [-0.25, -0.2) is 13.4 Å². The standard InChI is InChI=1S/C19H21N3O2S2/c1-3-17-9-11-19(25-17)26(23,24)22-16-8-10-18(21-13-16)20-12-15-7-5-4-6-14(15)2/h4-11,13,22H,3,12H2,1-2H3,(H,20,21). The molecule has 0 spiro atoms. The number of aromatic nitrogens is 1. The predicted molar refractivity (Wildman–Crippen MR) is 107 cm³/mol. The molecule has 0 radical (unpaired) electrons. The normalized spacial score (nSPS) is 11.3. The SMILES string of the molecule is CCc1ccc(S(=O)(=O)Nc2ccc(NCc3ccccc3C)nc2)s1. The van der Waals surface area contributed by atoms with Gasteiger partial charge in [0.25, 0.3) is 10.0 Å². The van der Waals surface area contributed by atoms with Crippen LogP contribution in [0.5, 0.6) is 0 Å². The monoisotopic (exact) mass is 387 g/mol. The maximum atomic E-state index is 12.4. The van der Waals surface area contributed by atoms with E-state index >= 15 is 0 Å². The average Bonchev–Trinajstić information content (AvgIpc) is 3.12. The Morgan fingerprint density at radius 2 is 1.88 bits per heavy atom. The van der Waals surface area contributed by atoms with Crippen molar-refractivity contribution in [3.8, 4) is 0 Å². The molecule has 0 saturated heterocycles. The number of sulfonamides is 1. The number of benzene rings is 1. The highest BCUT2D eigenvalue weighted by Crippen LogP contribution is 2.24. The summed E-state index contributed by atoms with van der Waals surface area (Å²) in [6.07, 6.45) is 2.34. The number of hydrogen-bond donors (Lipinski definition) is 2. The van der Waals surface area contributed by atoms with E-state index in [1.807, 2.05) is 25.1 Å². The van der Waals surface area contributed by atoms with Crippen molar-refractivity contribution in [1.82, 2.24) is 4.98 Å². The molecule has 5 nitrogen and oxygen atoms in total. The Bertz CT molecular complexity index is 980. The van der Waals surface area contributed by atoms with Crippen LogP contribution in [0.1, 0.15) is 22.9 Å². The molecule has 136 valence electrons. The number of anilines is 2. The van der Waals surface area contributed by atoms with E-state index in [4.69, 9.17) is 0 Å². The molecule has 0 amide bonds. The fourth-order valence-electron chi connectivity index (χ4n) is 2.45. The topological polar surface area (TPSA) is 71.1 Å². The molecule has 0 fully saturated rings. The third kappa shape index (κ3) is 4.42. The maximum absolute atomic E-state index is 12.4. The molecule has 0 aliphatic heterocycles. The van der Waals surface area contributed by atoms with Crippen LogP contribution in [-0.4, -0.2) is 13.4 Å². The minimum atomic E-state index is -3.57. The van der Waals surface area contributed by atoms with Crippen molar-refractivity contribution in [2.75, 3.05) is 10.0 Å². The van der Waals surface area contributed by atoms with Gasteiger partial charge in [0.1, 0.15) is 10.0 Å². The van der Waals surface area contributed by atoms with Gasteiger partial charge in [-0.05, 0) is 48.7 Å². The molecule has 2 N–H and O–H groups in total. The number of pyridine rings is 1. The predicted octanol–water partition coefficient (Wildman–Crippen LogP) is 4.43. The quantitative estimate of drug-likeness (QED) is 0.629. The number of nitrogens with one attached hydrogen (secondary N) is 2. The van der Waals surface area contributed by atoms with E-state index < -0.39 is 10.0 Å². The summed E-state index contributed by atoms with van der Waals surface area (Å²) in [7, 11) is -3.57. The van der Waals surface area contributed by atoms with Gasteiger partial charge in [-0.1, -0.05) is 31.2 Å². The summed E-state index contributed by atoms with van der Waals surface area (Å²) >= 11 is 1.29. The van der Waals surface area contributed by atoms with Crippen molar-refractivity contribution in [2.45, 2.75) is 31.0 Å². The molecular weight excluding hydrogens is 366 g/mol. The summed E-state index contributed by atoms with van der Waals surface area (Å²) in [6.45, 7) is 4.73. The van der Waals surface area contributed by atoms with Crippen LogP contribution in [0, 0.1) is 6.92 Å². The molecule has 7 heteroatoms. The first-order valence-corrected chi connectivity index (χ1v) is 10.6. The minimum Gasteiger partial charge on any atom is -0.366 e. The molecule has 0 aliphatic carbocycles. The molecule has 3 aromatic rings. The van der Waals surface area contributed by atoms with Gasteiger partial charge in [-0.2, -0.15) is 0 Å². The van der Waals surface area contributed by atoms with Crippen LogP contribution in [0.25, 0.3) is 0 Å². The first-order chi connectivity index (χ1) is 12.5. The van der Waals surface area contributed by atoms with E-state index in [-0.39, 0.29) is 0 Å². The number of thiophene rings is 1. The highest BCUT2D eigenvalue weighted by atomic mass is 32.2. The first-order valence-electron chi connectivity index (χ1n) is 8.34. The third-order valence-corrected chi connectivity index (χ3v) is 7.09. The third-order valence-electron chi connectivity index (χ3n) is 3.99. The Balaban J connectivity index is 1.65. The summed E-state index contributed by atoms with van der Waals surface area (Å²) in [5.74, 6) is 0.695. The molecule has 2 aromatic heterocycles. The van der Waals surface area contributed by atoms with E-state index in [0.717, 1.165) is 11.3 Å². The lowest BCUT2D eigenvalue weighted by Crippen LogP contribution is -2.12. The fourth-order valence-corrected chi connectivity index (χ4v) is 4.79. The second-order valence-electron chi connectivity index (χ2n) is 5.89. The van der Waals surface area contributed by atoms with Crippen molar-refractivity contribution in [3.63, 3.8) is 0 Å². The largest absolute Gasteiger partial charge is 0.366 e. The molecule has 0 saturated carbocycles. The van der Waals surface area contributed by atoms with Crippen LogP contribution in [0.3, 0.4) is 0 Å². The van der Waals surface area contributed by atoms with Crippen LogP contribution < -0.4 is 10.0 Å². The number of nitrogens with zero attached hydrogens (tertiary/aromatic N) is 1. The molecule has 0 atom stereocenters. The van der Waals surface area contributed by atoms with Crippen LogP contribution in [0.2, 0.25) is 0 Å². The van der Waals surface area contributed by atoms with Crippen LogP contribution in [0.15, 0.2) is 58.9 Å². The van der Waals surface area contributed by atoms with Crippen LogP contribution >= 0.6 is 11.3 Å². The van der Waals surface area contributed by atoms with Gasteiger partial charge in [0, 0.05) is 11.4 Å². The first kappa shape index (κ1) is 18.4. The van der Waals surface area contributed by atoms with Gasteiger partial charge in [-0.15, -0.1) is 11.3 Å². The second kappa shape index (κ2) is 7.88. The summed E-state index contributed by atoms with van der Waals surface area (Å²) in [5.41, 5.74) is 2.85. The maximum Gasteiger partial charge on any atom is 0.271 e. The minimum absolute atomic E-state index is 0.316. The molecule has 0 aliphatic rings. The highest BCUT2D eigenvalue weighted by Gasteiger charge is 2.16. The Labute approximate surface area is 158 Å². The van der Waals surface area contributed by atoms with Crippen LogP contribution in [0.4, 0.5) is 11.5 Å². The Kier molecular flexibility index (Phi) is 5.58. The van der Waals surface area contributed by atoms with Gasteiger partial charge in [0.15, 0.2) is 0 Å². The van der Waals surface area contributed by atoms with E-state index in [1.54, 1.807) is 18.2 Å². The van der Waals surface area contributed by atoms with Gasteiger partial charge in [0.05, 0.1) is 11.9 Å². The number of rotatable bonds is 7. The lowest BCUT2D eigenvalue weighted by Gasteiger charge is -2.10. The Morgan fingerprint density at radius 1 is 1.08 bits per heavy atom. The molecule has 26 heavy (non-hydrogen) atoms. The van der Waals surface area contributed by atoms with Gasteiger partial charge in [-0.3, -0.25) is 4.72 Å². The van der Waals surface area contributed by atoms with Gasteiger partial charge in [0.2, 0.25) is 0 Å². The van der Waals surface area contributed by atoms with Crippen molar-refractivity contribution in [1.29, 1.82) is 0 Å². The summed E-state index contributed by atoms with van der Waals surface area (Å²) in [5, 5.41) is 3.25. The van der Waals surface area contributed by atoms with Gasteiger partial charge >= 0.3 is 0 Å². The Hall–Kier alpha value is -2.38. The molecule has 0 bridgehead atoms. The summed E-state index contributed by atoms with van der Waals surface area (Å²) < 4.78 is 27.7. The van der Waals surface area contributed by atoms with Crippen LogP contribution in [-0.2, 0) is 23.0 Å². The highest BCUT2D eigenvalue weighted by molar-refractivity contribution is 7.94. The van der Waals surface area contributed by atoms with E-state index in [9.17, 15) is 8.42 Å². The zero-order chi connectivity index (χ0) is 18.6. The van der Waals surface area contributed by atoms with E-state index in [0.29, 0.717) is 22.3 Å². The number of hydrogen-bond acceptors (Lipinski definition) is 5. The number of aryl methyl sites for hydroxylation is 2. The zero-order valence-corrected chi connectivity index (χ0v) is 16.3. The molecule has 3 rings (SSSR count). The fraction of sp³-hybridized carbons (Fsp3) is 0.211. The Morgan fingerprint density at radius 3 is 2.54 bits per heavy atom. The smallest absolute Gasteiger partial charge is 0.271 e. The zero-order valence-electron chi connectivity index (χ0n) is 14.7. The second-order valence-corrected chi connectivity index (χ2v) is 8.97. The summed E-state index contributed by atoms with van der Waals surface area (Å²) in [6, 6.07) is 15.1. The molecule has 1 aromatic carbocycles. The van der Waals surface area contributed by atoms with E-state index in [2.05, 4.69) is 34.1 Å². The molecule has 0 unspecified atom stereocenters. The lowest BCUT2D eigenvalue weighted by atomic mass is 10.1. The van der Waals surface area contributed by atoms with E-state index in [1.165, 1.54) is 28.7 Å². The van der Waals surface area contributed by atoms with Crippen molar-refractivity contribution in [2.24, 2.45) is 0 Å². The summed E-state index contributed by atoms with van der Waals surface area (Å²) in [4.78, 5) is 5.33. The van der Waals surface area contributed by atoms with Crippen molar-refractivity contribution in [3.05, 3.63) is 70.7 Å².